The number of aromatic nitrogens is 2. The maximum atomic E-state index is 12.4. The smallest absolute Gasteiger partial charge is 0.267 e. The fraction of sp³-hybridized carbons (Fsp3) is 0.267. The molecule has 0 spiro atoms. The van der Waals surface area contributed by atoms with Crippen LogP contribution in [0.5, 0.6) is 17.2 Å². The Morgan fingerprint density at radius 3 is 2.27 bits per heavy atom. The molecule has 0 aliphatic rings. The van der Waals surface area contributed by atoms with E-state index in [9.17, 15) is 9.59 Å². The molecule has 0 unspecified atom stereocenters. The Bertz CT molecular complexity index is 714. The summed E-state index contributed by atoms with van der Waals surface area (Å²) in [5, 5.41) is 3.86. The number of nitrogens with zero attached hydrogens (tertiary/aromatic N) is 2. The molecule has 0 bridgehead atoms. The average molecular weight is 304 g/mol. The first-order valence-electron chi connectivity index (χ1n) is 6.46. The van der Waals surface area contributed by atoms with Crippen LogP contribution in [0.3, 0.4) is 0 Å². The SMILES string of the molecule is COc1cc(C(=O)Cn2ncccc2=O)cc(OC)c1OC. The average Bonchev–Trinajstić information content (AvgIpc) is 2.55. The molecule has 0 amide bonds. The molecule has 22 heavy (non-hydrogen) atoms. The molecule has 0 aliphatic heterocycles. The van der Waals surface area contributed by atoms with E-state index in [0.717, 1.165) is 4.68 Å². The van der Waals surface area contributed by atoms with Crippen molar-refractivity contribution in [3.05, 3.63) is 46.4 Å². The van der Waals surface area contributed by atoms with Gasteiger partial charge in [0.2, 0.25) is 5.75 Å². The normalized spacial score (nSPS) is 10.1. The van der Waals surface area contributed by atoms with E-state index in [1.807, 2.05) is 0 Å². The zero-order chi connectivity index (χ0) is 16.1. The number of hydrogen-bond donors (Lipinski definition) is 0. The molecule has 1 aromatic heterocycles. The summed E-state index contributed by atoms with van der Waals surface area (Å²) in [6.45, 7) is -0.168. The van der Waals surface area contributed by atoms with Crippen LogP contribution in [-0.4, -0.2) is 36.9 Å². The lowest BCUT2D eigenvalue weighted by molar-refractivity contribution is 0.0965. The number of ketones is 1. The molecule has 0 atom stereocenters. The van der Waals surface area contributed by atoms with Gasteiger partial charge in [-0.15, -0.1) is 0 Å². The second-order valence-corrected chi connectivity index (χ2v) is 4.36. The lowest BCUT2D eigenvalue weighted by Gasteiger charge is -2.13. The van der Waals surface area contributed by atoms with Gasteiger partial charge in [0.1, 0.15) is 6.54 Å². The highest BCUT2D eigenvalue weighted by Gasteiger charge is 2.17. The molecule has 1 heterocycles. The van der Waals surface area contributed by atoms with Crippen molar-refractivity contribution in [2.45, 2.75) is 6.54 Å². The van der Waals surface area contributed by atoms with Crippen molar-refractivity contribution in [3.8, 4) is 17.2 Å². The first-order valence-corrected chi connectivity index (χ1v) is 6.46. The summed E-state index contributed by atoms with van der Waals surface area (Å²) >= 11 is 0. The van der Waals surface area contributed by atoms with Crippen LogP contribution >= 0.6 is 0 Å². The summed E-state index contributed by atoms with van der Waals surface area (Å²) in [6, 6.07) is 5.94. The number of methoxy groups -OCH3 is 3. The highest BCUT2D eigenvalue weighted by molar-refractivity contribution is 5.97. The molecule has 116 valence electrons. The molecule has 7 heteroatoms. The number of rotatable bonds is 6. The molecule has 0 saturated carbocycles. The van der Waals surface area contributed by atoms with Crippen molar-refractivity contribution >= 4 is 5.78 Å². The fourth-order valence-electron chi connectivity index (χ4n) is 1.98. The number of benzene rings is 1. The van der Waals surface area contributed by atoms with Crippen molar-refractivity contribution in [1.82, 2.24) is 9.78 Å². The van der Waals surface area contributed by atoms with E-state index < -0.39 is 0 Å². The minimum absolute atomic E-state index is 0.168. The highest BCUT2D eigenvalue weighted by Crippen LogP contribution is 2.38. The number of hydrogen-bond acceptors (Lipinski definition) is 6. The number of carbonyl (C=O) groups excluding carboxylic acids is 1. The molecule has 2 rings (SSSR count). The standard InChI is InChI=1S/C15H16N2O5/c1-20-12-7-10(8-13(21-2)15(12)22-3)11(18)9-17-14(19)5-4-6-16-17/h4-8H,9H2,1-3H3. The van der Waals surface area contributed by atoms with Gasteiger partial charge in [-0.05, 0) is 18.2 Å². The summed E-state index contributed by atoms with van der Waals surface area (Å²) < 4.78 is 16.7. The van der Waals surface area contributed by atoms with Crippen molar-refractivity contribution in [1.29, 1.82) is 0 Å². The van der Waals surface area contributed by atoms with Crippen LogP contribution in [0.2, 0.25) is 0 Å². The van der Waals surface area contributed by atoms with E-state index in [1.165, 1.54) is 51.8 Å². The summed E-state index contributed by atoms with van der Waals surface area (Å²) in [6.07, 6.45) is 1.45. The second kappa shape index (κ2) is 6.75. The third kappa shape index (κ3) is 3.08. The molecule has 0 fully saturated rings. The van der Waals surface area contributed by atoms with E-state index in [2.05, 4.69) is 5.10 Å². The monoisotopic (exact) mass is 304 g/mol. The third-order valence-corrected chi connectivity index (χ3v) is 3.07. The molecular weight excluding hydrogens is 288 g/mol. The molecule has 1 aromatic carbocycles. The van der Waals surface area contributed by atoms with E-state index in [1.54, 1.807) is 0 Å². The Morgan fingerprint density at radius 1 is 1.14 bits per heavy atom. The Kier molecular flexibility index (Phi) is 4.77. The van der Waals surface area contributed by atoms with Crippen molar-refractivity contribution in [3.63, 3.8) is 0 Å². The molecule has 0 N–H and O–H groups in total. The predicted molar refractivity (Wildman–Crippen MR) is 78.9 cm³/mol. The van der Waals surface area contributed by atoms with Crippen LogP contribution in [0.25, 0.3) is 0 Å². The Labute approximate surface area is 127 Å². The lowest BCUT2D eigenvalue weighted by Crippen LogP contribution is -2.25. The number of ether oxygens (including phenoxy) is 3. The maximum Gasteiger partial charge on any atom is 0.267 e. The first kappa shape index (κ1) is 15.6. The van der Waals surface area contributed by atoms with E-state index in [-0.39, 0.29) is 17.9 Å². The third-order valence-electron chi connectivity index (χ3n) is 3.07. The van der Waals surface area contributed by atoms with Gasteiger partial charge in [-0.1, -0.05) is 0 Å². The van der Waals surface area contributed by atoms with Crippen LogP contribution < -0.4 is 19.8 Å². The maximum absolute atomic E-state index is 12.4. The van der Waals surface area contributed by atoms with Crippen LogP contribution in [0, 0.1) is 0 Å². The van der Waals surface area contributed by atoms with Crippen molar-refractivity contribution in [2.75, 3.05) is 21.3 Å². The van der Waals surface area contributed by atoms with Crippen molar-refractivity contribution in [2.24, 2.45) is 0 Å². The van der Waals surface area contributed by atoms with Gasteiger partial charge < -0.3 is 14.2 Å². The molecular formula is C15H16N2O5. The van der Waals surface area contributed by atoms with Crippen LogP contribution in [0.1, 0.15) is 10.4 Å². The van der Waals surface area contributed by atoms with Crippen LogP contribution in [0.4, 0.5) is 0 Å². The quantitative estimate of drug-likeness (QED) is 0.745. The Balaban J connectivity index is 2.38. The summed E-state index contributed by atoms with van der Waals surface area (Å²) in [5.74, 6) is 0.855. The summed E-state index contributed by atoms with van der Waals surface area (Å²) in [5.41, 5.74) is -0.00431. The van der Waals surface area contributed by atoms with Gasteiger partial charge in [-0.2, -0.15) is 5.10 Å². The van der Waals surface area contributed by atoms with Gasteiger partial charge >= 0.3 is 0 Å². The van der Waals surface area contributed by atoms with Gasteiger partial charge in [-0.3, -0.25) is 9.59 Å². The largest absolute Gasteiger partial charge is 0.493 e. The minimum Gasteiger partial charge on any atom is -0.493 e. The Hall–Kier alpha value is -2.83. The molecule has 7 nitrogen and oxygen atoms in total. The summed E-state index contributed by atoms with van der Waals surface area (Å²) in [4.78, 5) is 24.0. The van der Waals surface area contributed by atoms with E-state index >= 15 is 0 Å². The first-order chi connectivity index (χ1) is 10.6. The number of carbonyl (C=O) groups is 1. The molecule has 2 aromatic rings. The van der Waals surface area contributed by atoms with Gasteiger partial charge in [0.15, 0.2) is 17.3 Å². The van der Waals surface area contributed by atoms with Gasteiger partial charge in [-0.25, -0.2) is 4.68 Å². The van der Waals surface area contributed by atoms with E-state index in [4.69, 9.17) is 14.2 Å². The topological polar surface area (TPSA) is 79.7 Å². The zero-order valence-corrected chi connectivity index (χ0v) is 12.5. The van der Waals surface area contributed by atoms with Gasteiger partial charge in [0.05, 0.1) is 21.3 Å². The Morgan fingerprint density at radius 2 is 1.77 bits per heavy atom. The summed E-state index contributed by atoms with van der Waals surface area (Å²) in [7, 11) is 4.42. The lowest BCUT2D eigenvalue weighted by atomic mass is 10.1. The van der Waals surface area contributed by atoms with Crippen LogP contribution in [-0.2, 0) is 6.54 Å². The van der Waals surface area contributed by atoms with Crippen molar-refractivity contribution < 1.29 is 19.0 Å². The van der Waals surface area contributed by atoms with Gasteiger partial charge in [0.25, 0.3) is 5.56 Å². The highest BCUT2D eigenvalue weighted by atomic mass is 16.5. The second-order valence-electron chi connectivity index (χ2n) is 4.36. The fourth-order valence-corrected chi connectivity index (χ4v) is 1.98. The molecule has 0 radical (unpaired) electrons. The molecule has 0 saturated heterocycles. The van der Waals surface area contributed by atoms with E-state index in [0.29, 0.717) is 22.8 Å². The zero-order valence-electron chi connectivity index (χ0n) is 12.5. The van der Waals surface area contributed by atoms with Crippen LogP contribution in [0.15, 0.2) is 35.3 Å². The van der Waals surface area contributed by atoms with Gasteiger partial charge in [0, 0.05) is 17.8 Å². The number of Topliss-reactive ketones (excluding diaryl/α,β-unsaturated/α-hetero) is 1. The molecule has 0 aliphatic carbocycles. The minimum atomic E-state index is -0.344. The predicted octanol–water partition coefficient (Wildman–Crippen LogP) is 1.15.